The average molecular weight is 351 g/mol. The van der Waals surface area contributed by atoms with Gasteiger partial charge in [0.25, 0.3) is 0 Å². The first-order valence-electron chi connectivity index (χ1n) is 7.39. The van der Waals surface area contributed by atoms with Crippen molar-refractivity contribution in [2.45, 2.75) is 25.3 Å². The van der Waals surface area contributed by atoms with Gasteiger partial charge in [0.1, 0.15) is 6.07 Å². The van der Waals surface area contributed by atoms with Gasteiger partial charge in [0.15, 0.2) is 0 Å². The van der Waals surface area contributed by atoms with Gasteiger partial charge in [-0.15, -0.1) is 11.8 Å². The molecule has 1 atom stereocenters. The summed E-state index contributed by atoms with van der Waals surface area (Å²) in [6.45, 7) is 0.719. The van der Waals surface area contributed by atoms with Gasteiger partial charge in [0.05, 0.1) is 23.2 Å². The van der Waals surface area contributed by atoms with Crippen molar-refractivity contribution >= 4 is 35.0 Å². The van der Waals surface area contributed by atoms with Crippen molar-refractivity contribution in [2.75, 3.05) is 17.7 Å². The Balaban J connectivity index is 1.69. The summed E-state index contributed by atoms with van der Waals surface area (Å²) < 4.78 is 0. The molecule has 1 aliphatic heterocycles. The maximum atomic E-state index is 12.0. The van der Waals surface area contributed by atoms with Crippen molar-refractivity contribution in [1.82, 2.24) is 4.90 Å². The van der Waals surface area contributed by atoms with Gasteiger partial charge in [0, 0.05) is 17.8 Å². The van der Waals surface area contributed by atoms with Crippen LogP contribution in [0.3, 0.4) is 0 Å². The first kappa shape index (κ1) is 17.7. The number of nitriles is 1. The molecule has 1 aliphatic rings. The van der Waals surface area contributed by atoms with Crippen LogP contribution in [0.5, 0.6) is 0 Å². The molecule has 0 fully saturated rings. The number of thioether (sulfide) groups is 1. The number of anilines is 1. The predicted octanol–water partition coefficient (Wildman–Crippen LogP) is 3.13. The minimum absolute atomic E-state index is 0.0244. The van der Waals surface area contributed by atoms with Gasteiger partial charge in [-0.3, -0.25) is 4.79 Å². The molecule has 0 aromatic heterocycles. The smallest absolute Gasteiger partial charge is 0.244 e. The highest BCUT2D eigenvalue weighted by molar-refractivity contribution is 8.02. The molecule has 1 amide bonds. The van der Waals surface area contributed by atoms with Gasteiger partial charge in [-0.2, -0.15) is 5.26 Å². The molecular weight excluding hydrogens is 332 g/mol. The van der Waals surface area contributed by atoms with E-state index in [9.17, 15) is 4.79 Å². The first-order valence-corrected chi connectivity index (χ1v) is 8.82. The van der Waals surface area contributed by atoms with Crippen molar-refractivity contribution in [3.63, 3.8) is 0 Å². The highest BCUT2D eigenvalue weighted by atomic mass is 35.5. The number of hydrogen-bond donors (Lipinski definition) is 2. The van der Waals surface area contributed by atoms with Crippen LogP contribution < -0.4 is 11.1 Å². The van der Waals surface area contributed by atoms with Crippen molar-refractivity contribution in [3.05, 3.63) is 40.4 Å². The van der Waals surface area contributed by atoms with Crippen LogP contribution in [0.25, 0.3) is 0 Å². The Morgan fingerprint density at radius 1 is 1.52 bits per heavy atom. The summed E-state index contributed by atoms with van der Waals surface area (Å²) in [4.78, 5) is 13.7. The molecule has 1 aromatic rings. The molecule has 23 heavy (non-hydrogen) atoms. The number of nitrogens with two attached hydrogens (primary N) is 1. The monoisotopic (exact) mass is 350 g/mol. The van der Waals surface area contributed by atoms with Crippen LogP contribution in [0.15, 0.2) is 29.8 Å². The Labute approximate surface area is 145 Å². The van der Waals surface area contributed by atoms with Crippen molar-refractivity contribution < 1.29 is 4.79 Å². The number of amides is 1. The highest BCUT2D eigenvalue weighted by Gasteiger charge is 2.20. The molecule has 3 N–H and O–H groups in total. The van der Waals surface area contributed by atoms with Crippen molar-refractivity contribution in [3.8, 4) is 6.07 Å². The molecular formula is C16H19ClN4OS. The summed E-state index contributed by atoms with van der Waals surface area (Å²) in [5, 5.41) is 14.7. The molecule has 0 aliphatic carbocycles. The molecule has 7 heteroatoms. The van der Waals surface area contributed by atoms with E-state index in [-0.39, 0.29) is 5.91 Å². The van der Waals surface area contributed by atoms with E-state index in [1.165, 1.54) is 0 Å². The fourth-order valence-corrected chi connectivity index (χ4v) is 3.10. The summed E-state index contributed by atoms with van der Waals surface area (Å²) in [5.41, 5.74) is 7.25. The summed E-state index contributed by atoms with van der Waals surface area (Å²) >= 11 is 7.45. The highest BCUT2D eigenvalue weighted by Crippen LogP contribution is 2.20. The molecule has 5 nitrogen and oxygen atoms in total. The third-order valence-corrected chi connectivity index (χ3v) is 4.49. The summed E-state index contributed by atoms with van der Waals surface area (Å²) in [5.74, 6) is 0.630. The second-order valence-electron chi connectivity index (χ2n) is 5.22. The van der Waals surface area contributed by atoms with Gasteiger partial charge in [-0.1, -0.05) is 11.6 Å². The molecule has 1 heterocycles. The zero-order chi connectivity index (χ0) is 16.7. The number of carbonyl (C=O) groups is 1. The van der Waals surface area contributed by atoms with E-state index in [2.05, 4.69) is 11.4 Å². The second-order valence-corrected chi connectivity index (χ2v) is 6.52. The Morgan fingerprint density at radius 2 is 2.35 bits per heavy atom. The van der Waals surface area contributed by atoms with Crippen LogP contribution in [0.1, 0.15) is 24.8 Å². The fraction of sp³-hybridized carbons (Fsp3) is 0.375. The lowest BCUT2D eigenvalue weighted by molar-refractivity contribution is -0.129. The van der Waals surface area contributed by atoms with E-state index < -0.39 is 6.04 Å². The largest absolute Gasteiger partial charge is 0.384 e. The fourth-order valence-electron chi connectivity index (χ4n) is 2.23. The zero-order valence-corrected chi connectivity index (χ0v) is 14.2. The van der Waals surface area contributed by atoms with Crippen LogP contribution in [0.4, 0.5) is 5.69 Å². The SMILES string of the molecule is N#Cc1cc(Cl)ccc1NCCCCC(N)C(=O)N1C=CSC1. The van der Waals surface area contributed by atoms with Crippen LogP contribution in [-0.2, 0) is 4.79 Å². The minimum Gasteiger partial charge on any atom is -0.384 e. The molecule has 0 spiro atoms. The van der Waals surface area contributed by atoms with E-state index in [0.717, 1.165) is 25.1 Å². The lowest BCUT2D eigenvalue weighted by atomic mass is 10.1. The molecule has 0 saturated carbocycles. The van der Waals surface area contributed by atoms with Crippen LogP contribution in [0.2, 0.25) is 5.02 Å². The lowest BCUT2D eigenvalue weighted by Crippen LogP contribution is -2.40. The molecule has 1 aromatic carbocycles. The van der Waals surface area contributed by atoms with E-state index >= 15 is 0 Å². The predicted molar refractivity (Wildman–Crippen MR) is 94.9 cm³/mol. The molecule has 1 unspecified atom stereocenters. The topological polar surface area (TPSA) is 82.1 Å². The molecule has 0 saturated heterocycles. The average Bonchev–Trinajstić information content (AvgIpc) is 3.09. The number of carbonyl (C=O) groups excluding carboxylic acids is 1. The molecule has 0 bridgehead atoms. The van der Waals surface area contributed by atoms with Gasteiger partial charge in [-0.05, 0) is 42.9 Å². The Morgan fingerprint density at radius 3 is 3.04 bits per heavy atom. The normalized spacial score (nSPS) is 14.6. The second kappa shape index (κ2) is 8.82. The Hall–Kier alpha value is -1.68. The first-order chi connectivity index (χ1) is 11.1. The third-order valence-electron chi connectivity index (χ3n) is 3.51. The van der Waals surface area contributed by atoms with E-state index in [0.29, 0.717) is 22.9 Å². The van der Waals surface area contributed by atoms with Crippen LogP contribution in [0, 0.1) is 11.3 Å². The lowest BCUT2D eigenvalue weighted by Gasteiger charge is -2.18. The molecule has 2 rings (SSSR count). The zero-order valence-electron chi connectivity index (χ0n) is 12.7. The number of benzene rings is 1. The maximum absolute atomic E-state index is 12.0. The molecule has 0 radical (unpaired) electrons. The summed E-state index contributed by atoms with van der Waals surface area (Å²) in [7, 11) is 0. The van der Waals surface area contributed by atoms with Crippen LogP contribution in [-0.4, -0.2) is 29.3 Å². The van der Waals surface area contributed by atoms with Gasteiger partial charge < -0.3 is 16.0 Å². The van der Waals surface area contributed by atoms with E-state index in [1.54, 1.807) is 41.1 Å². The summed E-state index contributed by atoms with van der Waals surface area (Å²) in [6.07, 6.45) is 4.15. The van der Waals surface area contributed by atoms with Crippen LogP contribution >= 0.6 is 23.4 Å². The van der Waals surface area contributed by atoms with Gasteiger partial charge in [0.2, 0.25) is 5.91 Å². The van der Waals surface area contributed by atoms with E-state index in [1.807, 2.05) is 5.41 Å². The number of hydrogen-bond acceptors (Lipinski definition) is 5. The summed E-state index contributed by atoms with van der Waals surface area (Å²) in [6, 6.07) is 6.85. The maximum Gasteiger partial charge on any atom is 0.244 e. The van der Waals surface area contributed by atoms with Crippen molar-refractivity contribution in [1.29, 1.82) is 5.26 Å². The quantitative estimate of drug-likeness (QED) is 0.738. The van der Waals surface area contributed by atoms with Gasteiger partial charge in [-0.25, -0.2) is 0 Å². The Kier molecular flexibility index (Phi) is 6.78. The number of nitrogens with one attached hydrogen (secondary N) is 1. The number of halogens is 1. The van der Waals surface area contributed by atoms with E-state index in [4.69, 9.17) is 22.6 Å². The number of unbranched alkanes of at least 4 members (excludes halogenated alkanes) is 1. The number of nitrogens with zero attached hydrogens (tertiary/aromatic N) is 2. The standard InChI is InChI=1S/C16H19ClN4OS/c17-13-4-5-15(12(9-13)10-18)20-6-2-1-3-14(19)16(22)21-7-8-23-11-21/h4-5,7-9,14,20H,1-3,6,11,19H2. The van der Waals surface area contributed by atoms with Gasteiger partial charge >= 0.3 is 0 Å². The number of rotatable bonds is 7. The molecule has 122 valence electrons. The van der Waals surface area contributed by atoms with Crippen molar-refractivity contribution in [2.24, 2.45) is 5.73 Å². The Bertz CT molecular complexity index is 629. The third kappa shape index (κ3) is 5.17. The minimum atomic E-state index is -0.455.